The molecule has 144 valence electrons. The van der Waals surface area contributed by atoms with Gasteiger partial charge in [-0.25, -0.2) is 4.79 Å². The second-order valence-corrected chi connectivity index (χ2v) is 8.37. The fourth-order valence-corrected chi connectivity index (χ4v) is 3.55. The van der Waals surface area contributed by atoms with Gasteiger partial charge in [0.1, 0.15) is 32.2 Å². The van der Waals surface area contributed by atoms with Crippen LogP contribution in [0, 0.1) is 0 Å². The van der Waals surface area contributed by atoms with Crippen molar-refractivity contribution >= 4 is 6.03 Å². The van der Waals surface area contributed by atoms with Crippen LogP contribution in [-0.2, 0) is 0 Å². The van der Waals surface area contributed by atoms with Crippen LogP contribution >= 0.6 is 0 Å². The first-order valence-electron chi connectivity index (χ1n) is 9.43. The lowest BCUT2D eigenvalue weighted by atomic mass is 10.0. The van der Waals surface area contributed by atoms with Crippen molar-refractivity contribution in [3.05, 3.63) is 23.8 Å². The van der Waals surface area contributed by atoms with Gasteiger partial charge in [-0.2, -0.15) is 0 Å². The predicted octanol–water partition coefficient (Wildman–Crippen LogP) is -1.03. The zero-order valence-corrected chi connectivity index (χ0v) is 16.3. The highest BCUT2D eigenvalue weighted by atomic mass is 16.7. The van der Waals surface area contributed by atoms with Crippen molar-refractivity contribution in [2.24, 2.45) is 0 Å². The van der Waals surface area contributed by atoms with Gasteiger partial charge in [0.2, 0.25) is 6.79 Å². The van der Waals surface area contributed by atoms with Crippen LogP contribution in [0.15, 0.2) is 18.2 Å². The molecule has 0 radical (unpaired) electrons. The third-order valence-corrected chi connectivity index (χ3v) is 4.99. The van der Waals surface area contributed by atoms with Gasteiger partial charge < -0.3 is 29.9 Å². The van der Waals surface area contributed by atoms with Gasteiger partial charge in [0.05, 0.1) is 13.6 Å². The Kier molecular flexibility index (Phi) is 5.58. The standard InChI is InChI=1S/C19H30N4O3/c1-19(2,3)21-18(24)20-12-15(23-9-7-22(4)8-10-23)14-5-6-16-17(11-14)26-13-25-16/h5-6,11,15H,7-10,12-13H2,1-4H3,(H2,20,21,24)/p+2/t15-/m1/s1. The lowest BCUT2D eigenvalue weighted by Gasteiger charge is -2.34. The molecule has 0 saturated carbocycles. The van der Waals surface area contributed by atoms with E-state index in [-0.39, 0.29) is 24.4 Å². The minimum atomic E-state index is -0.248. The van der Waals surface area contributed by atoms with E-state index in [1.807, 2.05) is 26.8 Å². The van der Waals surface area contributed by atoms with E-state index < -0.39 is 0 Å². The largest absolute Gasteiger partial charge is 0.454 e. The van der Waals surface area contributed by atoms with E-state index in [0.717, 1.165) is 37.7 Å². The molecule has 2 heterocycles. The number of carbonyl (C=O) groups is 1. The van der Waals surface area contributed by atoms with Crippen LogP contribution in [0.5, 0.6) is 11.5 Å². The van der Waals surface area contributed by atoms with Crippen LogP contribution in [0.4, 0.5) is 4.79 Å². The molecular weight excluding hydrogens is 332 g/mol. The van der Waals surface area contributed by atoms with Crippen LogP contribution in [0.25, 0.3) is 0 Å². The molecule has 0 aromatic heterocycles. The van der Waals surface area contributed by atoms with Crippen LogP contribution in [0.2, 0.25) is 0 Å². The third kappa shape index (κ3) is 4.80. The maximum atomic E-state index is 12.2. The highest BCUT2D eigenvalue weighted by molar-refractivity contribution is 5.74. The van der Waals surface area contributed by atoms with E-state index in [4.69, 9.17) is 9.47 Å². The summed E-state index contributed by atoms with van der Waals surface area (Å²) in [7, 11) is 2.24. The predicted molar refractivity (Wildman–Crippen MR) is 98.9 cm³/mol. The number of piperazine rings is 1. The van der Waals surface area contributed by atoms with Crippen LogP contribution in [-0.4, -0.2) is 58.1 Å². The summed E-state index contributed by atoms with van der Waals surface area (Å²) < 4.78 is 11.0. The number of carbonyl (C=O) groups excluding carboxylic acids is 1. The summed E-state index contributed by atoms with van der Waals surface area (Å²) in [6.07, 6.45) is 0. The zero-order chi connectivity index (χ0) is 18.7. The number of fused-ring (bicyclic) bond motifs is 1. The summed E-state index contributed by atoms with van der Waals surface area (Å²) in [6.45, 7) is 11.3. The average Bonchev–Trinajstić information content (AvgIpc) is 3.03. The Morgan fingerprint density at radius 2 is 1.85 bits per heavy atom. The molecule has 0 bridgehead atoms. The van der Waals surface area contributed by atoms with Gasteiger partial charge in [0, 0.05) is 11.1 Å². The summed E-state index contributed by atoms with van der Waals surface area (Å²) in [5, 5.41) is 6.03. The van der Waals surface area contributed by atoms with Crippen molar-refractivity contribution in [3.8, 4) is 11.5 Å². The van der Waals surface area contributed by atoms with E-state index >= 15 is 0 Å². The van der Waals surface area contributed by atoms with Crippen LogP contribution < -0.4 is 29.9 Å². The molecule has 7 heteroatoms. The number of likely N-dealkylation sites (N-methyl/N-ethyl adjacent to an activating group) is 1. The molecule has 1 aromatic carbocycles. The molecule has 2 aliphatic heterocycles. The molecule has 2 aliphatic rings. The molecule has 1 fully saturated rings. The van der Waals surface area contributed by atoms with Crippen molar-refractivity contribution in [2.45, 2.75) is 32.4 Å². The molecule has 0 spiro atoms. The van der Waals surface area contributed by atoms with Crippen molar-refractivity contribution < 1.29 is 24.1 Å². The first kappa shape index (κ1) is 18.8. The topological polar surface area (TPSA) is 68.5 Å². The fraction of sp³-hybridized carbons (Fsp3) is 0.632. The molecule has 7 nitrogen and oxygen atoms in total. The fourth-order valence-electron chi connectivity index (χ4n) is 3.55. The Morgan fingerprint density at radius 1 is 1.15 bits per heavy atom. The first-order valence-corrected chi connectivity index (χ1v) is 9.43. The minimum Gasteiger partial charge on any atom is -0.454 e. The number of nitrogens with one attached hydrogen (secondary N) is 4. The van der Waals surface area contributed by atoms with Gasteiger partial charge >= 0.3 is 6.03 Å². The SMILES string of the molecule is C[NH+]1CC[NH+]([C@H](CNC(=O)NC(C)(C)C)c2ccc3c(c2)OCO3)CC1. The normalized spacial score (nSPS) is 23.4. The number of quaternary nitrogens is 2. The lowest BCUT2D eigenvalue weighted by molar-refractivity contribution is -1.02. The number of amides is 2. The monoisotopic (exact) mass is 364 g/mol. The van der Waals surface area contributed by atoms with Crippen molar-refractivity contribution in [3.63, 3.8) is 0 Å². The average molecular weight is 364 g/mol. The maximum absolute atomic E-state index is 12.2. The number of ether oxygens (including phenoxy) is 2. The third-order valence-electron chi connectivity index (χ3n) is 4.99. The number of benzene rings is 1. The van der Waals surface area contributed by atoms with Gasteiger partial charge in [0.15, 0.2) is 11.5 Å². The minimum absolute atomic E-state index is 0.123. The van der Waals surface area contributed by atoms with Gasteiger partial charge in [0.25, 0.3) is 0 Å². The van der Waals surface area contributed by atoms with E-state index in [1.165, 1.54) is 10.5 Å². The molecule has 4 N–H and O–H groups in total. The molecule has 0 unspecified atom stereocenters. The number of hydrogen-bond acceptors (Lipinski definition) is 3. The van der Waals surface area contributed by atoms with E-state index in [1.54, 1.807) is 4.90 Å². The van der Waals surface area contributed by atoms with Gasteiger partial charge in [-0.3, -0.25) is 0 Å². The molecule has 3 rings (SSSR count). The van der Waals surface area contributed by atoms with E-state index in [9.17, 15) is 4.79 Å². The molecule has 26 heavy (non-hydrogen) atoms. The Hall–Kier alpha value is -1.99. The second-order valence-electron chi connectivity index (χ2n) is 8.37. The molecule has 0 aliphatic carbocycles. The highest BCUT2D eigenvalue weighted by Gasteiger charge is 2.31. The van der Waals surface area contributed by atoms with E-state index in [0.29, 0.717) is 6.54 Å². The molecule has 2 amide bonds. The lowest BCUT2D eigenvalue weighted by Crippen LogP contribution is -3.27. The maximum Gasteiger partial charge on any atom is 0.315 e. The summed E-state index contributed by atoms with van der Waals surface area (Å²) in [6, 6.07) is 6.21. The second kappa shape index (κ2) is 7.72. The summed E-state index contributed by atoms with van der Waals surface area (Å²) in [4.78, 5) is 15.3. The van der Waals surface area contributed by atoms with Gasteiger partial charge in [-0.05, 0) is 39.0 Å². The van der Waals surface area contributed by atoms with E-state index in [2.05, 4.69) is 29.8 Å². The summed E-state index contributed by atoms with van der Waals surface area (Å²) >= 11 is 0. The van der Waals surface area contributed by atoms with Crippen molar-refractivity contribution in [1.82, 2.24) is 10.6 Å². The molecule has 1 saturated heterocycles. The van der Waals surface area contributed by atoms with Crippen molar-refractivity contribution in [2.75, 3.05) is 46.6 Å². The Balaban J connectivity index is 1.72. The van der Waals surface area contributed by atoms with Crippen LogP contribution in [0.3, 0.4) is 0 Å². The Labute approximate surface area is 155 Å². The number of urea groups is 1. The quantitative estimate of drug-likeness (QED) is 0.552. The smallest absolute Gasteiger partial charge is 0.315 e. The summed E-state index contributed by atoms with van der Waals surface area (Å²) in [5.41, 5.74) is 0.933. The zero-order valence-electron chi connectivity index (χ0n) is 16.3. The van der Waals surface area contributed by atoms with Gasteiger partial charge in [-0.1, -0.05) is 0 Å². The van der Waals surface area contributed by atoms with Crippen LogP contribution in [0.1, 0.15) is 32.4 Å². The Bertz CT molecular complexity index is 636. The Morgan fingerprint density at radius 3 is 2.54 bits per heavy atom. The number of hydrogen-bond donors (Lipinski definition) is 4. The molecular formula is C19H32N4O3+2. The summed E-state index contributed by atoms with van der Waals surface area (Å²) in [5.74, 6) is 1.59. The molecule has 1 atom stereocenters. The molecule has 1 aromatic rings. The highest BCUT2D eigenvalue weighted by Crippen LogP contribution is 2.33. The first-order chi connectivity index (χ1) is 12.3. The number of rotatable bonds is 4. The van der Waals surface area contributed by atoms with Gasteiger partial charge in [-0.15, -0.1) is 0 Å². The van der Waals surface area contributed by atoms with Crippen molar-refractivity contribution in [1.29, 1.82) is 0 Å².